The molecule has 0 spiro atoms. The number of aldehydes is 1. The maximum atomic E-state index is 11.3. The van der Waals surface area contributed by atoms with E-state index in [1.807, 2.05) is 12.1 Å². The first-order chi connectivity index (χ1) is 14.6. The third kappa shape index (κ3) is 2.91. The molecule has 0 saturated carbocycles. The van der Waals surface area contributed by atoms with Crippen LogP contribution in [0.15, 0.2) is 90.7 Å². The Morgan fingerprint density at radius 3 is 2.30 bits per heavy atom. The SMILES string of the molecule is CC1(C)c2cc(C=O)ccc2-c2ccc(N(C3=CC=CCC3)c3ccccc3)cc21. The Bertz CT molecular complexity index is 1180. The number of anilines is 2. The van der Waals surface area contributed by atoms with E-state index >= 15 is 0 Å². The van der Waals surface area contributed by atoms with E-state index in [1.54, 1.807) is 0 Å². The highest BCUT2D eigenvalue weighted by atomic mass is 16.1. The average Bonchev–Trinajstić information content (AvgIpc) is 3.02. The molecule has 0 saturated heterocycles. The standard InChI is InChI=1S/C28H25NO/c1-28(2)26-17-20(19-30)13-15-24(26)25-16-14-23(18-27(25)28)29(21-9-5-3-6-10-21)22-11-7-4-8-12-22/h3-7,9-11,13-19H,8,12H2,1-2H3. The van der Waals surface area contributed by atoms with E-state index in [0.717, 1.165) is 24.7 Å². The Morgan fingerprint density at radius 1 is 0.867 bits per heavy atom. The van der Waals surface area contributed by atoms with Crippen LogP contribution in [-0.2, 0) is 5.41 Å². The topological polar surface area (TPSA) is 20.3 Å². The summed E-state index contributed by atoms with van der Waals surface area (Å²) in [5.41, 5.74) is 9.29. The number of rotatable bonds is 4. The number of nitrogens with zero attached hydrogens (tertiary/aromatic N) is 1. The molecule has 2 aliphatic carbocycles. The highest BCUT2D eigenvalue weighted by molar-refractivity contribution is 5.87. The Labute approximate surface area is 178 Å². The molecule has 0 unspecified atom stereocenters. The van der Waals surface area contributed by atoms with Crippen LogP contribution < -0.4 is 4.90 Å². The molecule has 0 N–H and O–H groups in total. The molecule has 0 bridgehead atoms. The maximum absolute atomic E-state index is 11.3. The molecule has 0 heterocycles. The van der Waals surface area contributed by atoms with Crippen LogP contribution in [0.3, 0.4) is 0 Å². The zero-order chi connectivity index (χ0) is 20.7. The van der Waals surface area contributed by atoms with Gasteiger partial charge in [-0.3, -0.25) is 4.79 Å². The van der Waals surface area contributed by atoms with Crippen molar-refractivity contribution >= 4 is 17.7 Å². The van der Waals surface area contributed by atoms with Crippen LogP contribution >= 0.6 is 0 Å². The molecule has 0 fully saturated rings. The summed E-state index contributed by atoms with van der Waals surface area (Å²) in [5.74, 6) is 0. The normalized spacial score (nSPS) is 15.9. The number of benzene rings is 3. The van der Waals surface area contributed by atoms with Gasteiger partial charge in [-0.1, -0.05) is 62.4 Å². The summed E-state index contributed by atoms with van der Waals surface area (Å²) in [5, 5.41) is 0. The summed E-state index contributed by atoms with van der Waals surface area (Å²) in [7, 11) is 0. The highest BCUT2D eigenvalue weighted by Gasteiger charge is 2.36. The van der Waals surface area contributed by atoms with Crippen LogP contribution in [0.1, 0.15) is 48.2 Å². The molecule has 2 heteroatoms. The molecule has 148 valence electrons. The number of allylic oxidation sites excluding steroid dienone is 4. The van der Waals surface area contributed by atoms with Gasteiger partial charge in [-0.05, 0) is 71.5 Å². The smallest absolute Gasteiger partial charge is 0.150 e. The van der Waals surface area contributed by atoms with Crippen LogP contribution in [0.4, 0.5) is 11.4 Å². The number of hydrogen-bond acceptors (Lipinski definition) is 2. The van der Waals surface area contributed by atoms with Crippen molar-refractivity contribution in [3.63, 3.8) is 0 Å². The number of carbonyl (C=O) groups excluding carboxylic acids is 1. The van der Waals surface area contributed by atoms with E-state index in [-0.39, 0.29) is 5.41 Å². The Hall–Kier alpha value is -3.39. The van der Waals surface area contributed by atoms with Gasteiger partial charge in [-0.2, -0.15) is 0 Å². The van der Waals surface area contributed by atoms with Gasteiger partial charge in [0.1, 0.15) is 6.29 Å². The van der Waals surface area contributed by atoms with Crippen LogP contribution in [0, 0.1) is 0 Å². The summed E-state index contributed by atoms with van der Waals surface area (Å²) in [6.07, 6.45) is 9.62. The molecular weight excluding hydrogens is 366 g/mol. The zero-order valence-corrected chi connectivity index (χ0v) is 17.4. The van der Waals surface area contributed by atoms with Crippen molar-refractivity contribution in [1.82, 2.24) is 0 Å². The lowest BCUT2D eigenvalue weighted by atomic mass is 9.82. The van der Waals surface area contributed by atoms with Crippen molar-refractivity contribution in [3.05, 3.63) is 107 Å². The van der Waals surface area contributed by atoms with Gasteiger partial charge in [0.15, 0.2) is 0 Å². The molecule has 0 aromatic heterocycles. The summed E-state index contributed by atoms with van der Waals surface area (Å²) < 4.78 is 0. The van der Waals surface area contributed by atoms with Gasteiger partial charge in [-0.25, -0.2) is 0 Å². The minimum Gasteiger partial charge on any atom is -0.314 e. The van der Waals surface area contributed by atoms with Crippen molar-refractivity contribution in [2.45, 2.75) is 32.1 Å². The van der Waals surface area contributed by atoms with Gasteiger partial charge in [0.25, 0.3) is 0 Å². The summed E-state index contributed by atoms with van der Waals surface area (Å²) in [6, 6.07) is 23.4. The summed E-state index contributed by atoms with van der Waals surface area (Å²) in [4.78, 5) is 13.7. The van der Waals surface area contributed by atoms with Crippen molar-refractivity contribution in [2.24, 2.45) is 0 Å². The predicted octanol–water partition coefficient (Wildman–Crippen LogP) is 7.18. The molecule has 0 atom stereocenters. The minimum atomic E-state index is -0.150. The van der Waals surface area contributed by atoms with Crippen LogP contribution in [0.5, 0.6) is 0 Å². The maximum Gasteiger partial charge on any atom is 0.150 e. The number of para-hydroxylation sites is 1. The van der Waals surface area contributed by atoms with Gasteiger partial charge in [0.05, 0.1) is 0 Å². The Kier molecular flexibility index (Phi) is 4.43. The summed E-state index contributed by atoms with van der Waals surface area (Å²) in [6.45, 7) is 4.51. The van der Waals surface area contributed by atoms with Crippen molar-refractivity contribution < 1.29 is 4.79 Å². The molecule has 3 aromatic rings. The van der Waals surface area contributed by atoms with Crippen molar-refractivity contribution in [2.75, 3.05) is 4.90 Å². The third-order valence-electron chi connectivity index (χ3n) is 6.37. The first-order valence-corrected chi connectivity index (χ1v) is 10.5. The van der Waals surface area contributed by atoms with Crippen LogP contribution in [0.2, 0.25) is 0 Å². The molecule has 0 amide bonds. The number of fused-ring (bicyclic) bond motifs is 3. The van der Waals surface area contributed by atoms with E-state index in [4.69, 9.17) is 0 Å². The zero-order valence-electron chi connectivity index (χ0n) is 17.4. The van der Waals surface area contributed by atoms with E-state index in [0.29, 0.717) is 0 Å². The molecule has 30 heavy (non-hydrogen) atoms. The van der Waals surface area contributed by atoms with Crippen molar-refractivity contribution in [3.8, 4) is 11.1 Å². The molecular formula is C28H25NO. The van der Waals surface area contributed by atoms with Crippen molar-refractivity contribution in [1.29, 1.82) is 0 Å². The lowest BCUT2D eigenvalue weighted by Crippen LogP contribution is -2.19. The largest absolute Gasteiger partial charge is 0.314 e. The lowest BCUT2D eigenvalue weighted by Gasteiger charge is -2.30. The molecule has 0 radical (unpaired) electrons. The van der Waals surface area contributed by atoms with E-state index in [2.05, 4.69) is 91.6 Å². The third-order valence-corrected chi connectivity index (χ3v) is 6.37. The molecule has 3 aromatic carbocycles. The second-order valence-electron chi connectivity index (χ2n) is 8.57. The molecule has 2 nitrogen and oxygen atoms in total. The number of hydrogen-bond donors (Lipinski definition) is 0. The monoisotopic (exact) mass is 391 g/mol. The number of carbonyl (C=O) groups is 1. The van der Waals surface area contributed by atoms with Gasteiger partial charge in [0, 0.05) is 28.1 Å². The first-order valence-electron chi connectivity index (χ1n) is 10.5. The molecule has 0 aliphatic heterocycles. The van der Waals surface area contributed by atoms with Gasteiger partial charge in [0.2, 0.25) is 0 Å². The van der Waals surface area contributed by atoms with Gasteiger partial charge < -0.3 is 4.90 Å². The Balaban J connectivity index is 1.66. The van der Waals surface area contributed by atoms with Gasteiger partial charge >= 0.3 is 0 Å². The average molecular weight is 392 g/mol. The quantitative estimate of drug-likeness (QED) is 0.439. The Morgan fingerprint density at radius 2 is 1.60 bits per heavy atom. The fourth-order valence-electron chi connectivity index (χ4n) is 4.79. The molecule has 2 aliphatic rings. The highest BCUT2D eigenvalue weighted by Crippen LogP contribution is 2.50. The fraction of sp³-hybridized carbons (Fsp3) is 0.179. The second kappa shape index (κ2) is 7.14. The summed E-state index contributed by atoms with van der Waals surface area (Å²) >= 11 is 0. The van der Waals surface area contributed by atoms with Crippen LogP contribution in [0.25, 0.3) is 11.1 Å². The second-order valence-corrected chi connectivity index (χ2v) is 8.57. The lowest BCUT2D eigenvalue weighted by molar-refractivity contribution is 0.112. The predicted molar refractivity (Wildman–Crippen MR) is 124 cm³/mol. The minimum absolute atomic E-state index is 0.150. The van der Waals surface area contributed by atoms with E-state index < -0.39 is 0 Å². The van der Waals surface area contributed by atoms with Crippen LogP contribution in [-0.4, -0.2) is 6.29 Å². The van der Waals surface area contributed by atoms with Gasteiger partial charge in [-0.15, -0.1) is 0 Å². The van der Waals surface area contributed by atoms with E-state index in [9.17, 15) is 4.79 Å². The van der Waals surface area contributed by atoms with E-state index in [1.165, 1.54) is 39.3 Å². The fourth-order valence-corrected chi connectivity index (χ4v) is 4.79. The molecule has 5 rings (SSSR count). The first kappa shape index (κ1) is 18.6.